The van der Waals surface area contributed by atoms with Gasteiger partial charge in [-0.2, -0.15) is 0 Å². The average molecular weight is 317 g/mol. The highest BCUT2D eigenvalue weighted by Crippen LogP contribution is 2.27. The number of hydrogen-bond acceptors (Lipinski definition) is 6. The van der Waals surface area contributed by atoms with E-state index >= 15 is 0 Å². The van der Waals surface area contributed by atoms with E-state index in [-0.39, 0.29) is 11.5 Å². The van der Waals surface area contributed by atoms with Crippen LogP contribution in [-0.4, -0.2) is 27.1 Å². The third kappa shape index (κ3) is 2.76. The van der Waals surface area contributed by atoms with Gasteiger partial charge in [0, 0.05) is 18.1 Å². The molecule has 7 heteroatoms. The van der Waals surface area contributed by atoms with Gasteiger partial charge in [-0.05, 0) is 43.7 Å². The van der Waals surface area contributed by atoms with Crippen LogP contribution in [0.5, 0.6) is 0 Å². The fourth-order valence-electron chi connectivity index (χ4n) is 2.46. The Kier molecular flexibility index (Phi) is 4.24. The molecule has 1 atom stereocenters. The molecule has 6 nitrogen and oxygen atoms in total. The second kappa shape index (κ2) is 6.31. The SMILES string of the molecule is CCOC(=O)C1CCc2cnc(Sc3ccccn3)c(=O)n21. The number of nitrogens with zero attached hydrogens (tertiary/aromatic N) is 3. The minimum absolute atomic E-state index is 0.260. The molecule has 2 aromatic heterocycles. The van der Waals surface area contributed by atoms with Gasteiger partial charge in [-0.3, -0.25) is 9.36 Å². The Labute approximate surface area is 131 Å². The number of pyridine rings is 1. The van der Waals surface area contributed by atoms with Gasteiger partial charge in [0.2, 0.25) is 0 Å². The number of aryl methyl sites for hydroxylation is 1. The molecule has 1 unspecified atom stereocenters. The quantitative estimate of drug-likeness (QED) is 0.801. The fourth-order valence-corrected chi connectivity index (χ4v) is 3.21. The lowest BCUT2D eigenvalue weighted by Gasteiger charge is -2.13. The van der Waals surface area contributed by atoms with E-state index in [9.17, 15) is 9.59 Å². The first-order chi connectivity index (χ1) is 10.7. The van der Waals surface area contributed by atoms with Crippen LogP contribution in [0.1, 0.15) is 25.1 Å². The summed E-state index contributed by atoms with van der Waals surface area (Å²) in [6, 6.07) is 4.92. The molecule has 3 rings (SSSR count). The van der Waals surface area contributed by atoms with Crippen molar-refractivity contribution >= 4 is 17.7 Å². The van der Waals surface area contributed by atoms with Gasteiger partial charge >= 0.3 is 5.97 Å². The van der Waals surface area contributed by atoms with E-state index < -0.39 is 6.04 Å². The molecular formula is C15H15N3O3S. The zero-order chi connectivity index (χ0) is 15.5. The van der Waals surface area contributed by atoms with Crippen LogP contribution in [0.25, 0.3) is 0 Å². The molecule has 114 valence electrons. The summed E-state index contributed by atoms with van der Waals surface area (Å²) in [6.07, 6.45) is 4.55. The van der Waals surface area contributed by atoms with Gasteiger partial charge in [-0.25, -0.2) is 14.8 Å². The zero-order valence-corrected chi connectivity index (χ0v) is 12.9. The van der Waals surface area contributed by atoms with E-state index in [0.717, 1.165) is 5.69 Å². The van der Waals surface area contributed by atoms with Crippen molar-refractivity contribution in [2.24, 2.45) is 0 Å². The third-order valence-electron chi connectivity index (χ3n) is 3.43. The van der Waals surface area contributed by atoms with Gasteiger partial charge in [0.15, 0.2) is 5.03 Å². The summed E-state index contributed by atoms with van der Waals surface area (Å²) in [4.78, 5) is 33.0. The molecule has 0 aromatic carbocycles. The maximum absolute atomic E-state index is 12.6. The molecule has 0 saturated carbocycles. The summed E-state index contributed by atoms with van der Waals surface area (Å²) in [5, 5.41) is 1.01. The van der Waals surface area contributed by atoms with Gasteiger partial charge < -0.3 is 4.74 Å². The zero-order valence-electron chi connectivity index (χ0n) is 12.1. The number of aromatic nitrogens is 3. The van der Waals surface area contributed by atoms with Crippen molar-refractivity contribution in [1.29, 1.82) is 0 Å². The number of ether oxygens (including phenoxy) is 1. The lowest BCUT2D eigenvalue weighted by molar-refractivity contribution is -0.147. The van der Waals surface area contributed by atoms with E-state index in [1.54, 1.807) is 19.3 Å². The Morgan fingerprint density at radius 1 is 1.45 bits per heavy atom. The third-order valence-corrected chi connectivity index (χ3v) is 4.35. The Morgan fingerprint density at radius 3 is 3.05 bits per heavy atom. The molecule has 0 saturated heterocycles. The minimum atomic E-state index is -0.548. The summed E-state index contributed by atoms with van der Waals surface area (Å²) >= 11 is 1.20. The van der Waals surface area contributed by atoms with Crippen LogP contribution in [0, 0.1) is 0 Å². The van der Waals surface area contributed by atoms with Crippen molar-refractivity contribution in [3.8, 4) is 0 Å². The minimum Gasteiger partial charge on any atom is -0.464 e. The first kappa shape index (κ1) is 14.8. The van der Waals surface area contributed by atoms with E-state index in [1.807, 2.05) is 18.2 Å². The second-order valence-corrected chi connectivity index (χ2v) is 5.82. The summed E-state index contributed by atoms with van der Waals surface area (Å²) in [5.41, 5.74) is 0.511. The van der Waals surface area contributed by atoms with E-state index in [0.29, 0.717) is 29.5 Å². The fraction of sp³-hybridized carbons (Fsp3) is 0.333. The Balaban J connectivity index is 1.95. The van der Waals surface area contributed by atoms with Gasteiger partial charge in [-0.1, -0.05) is 6.07 Å². The molecule has 0 N–H and O–H groups in total. The molecule has 1 aliphatic rings. The second-order valence-electron chi connectivity index (χ2n) is 4.81. The number of esters is 1. The largest absolute Gasteiger partial charge is 0.464 e. The average Bonchev–Trinajstić information content (AvgIpc) is 2.96. The Hall–Kier alpha value is -2.15. The standard InChI is InChI=1S/C15H15N3O3S/c1-2-21-15(20)11-7-6-10-9-17-13(14(19)18(10)11)22-12-5-3-4-8-16-12/h3-5,8-9,11H,2,6-7H2,1H3. The van der Waals surface area contributed by atoms with Crippen LogP contribution in [0.15, 0.2) is 45.4 Å². The predicted octanol–water partition coefficient (Wildman–Crippen LogP) is 1.84. The van der Waals surface area contributed by atoms with Gasteiger partial charge in [0.25, 0.3) is 5.56 Å². The predicted molar refractivity (Wildman–Crippen MR) is 80.8 cm³/mol. The summed E-state index contributed by atoms with van der Waals surface area (Å²) in [6.45, 7) is 2.06. The molecule has 0 fully saturated rings. The van der Waals surface area contributed by atoms with Crippen LogP contribution < -0.4 is 5.56 Å². The highest BCUT2D eigenvalue weighted by Gasteiger charge is 2.31. The van der Waals surface area contributed by atoms with E-state index in [4.69, 9.17) is 4.74 Å². The van der Waals surface area contributed by atoms with E-state index in [2.05, 4.69) is 9.97 Å². The molecule has 3 heterocycles. The lowest BCUT2D eigenvalue weighted by Crippen LogP contribution is -2.30. The van der Waals surface area contributed by atoms with Gasteiger partial charge in [0.1, 0.15) is 11.1 Å². The number of hydrogen-bond donors (Lipinski definition) is 0. The monoisotopic (exact) mass is 317 g/mol. The number of carbonyl (C=O) groups excluding carboxylic acids is 1. The first-order valence-corrected chi connectivity index (χ1v) is 7.88. The van der Waals surface area contributed by atoms with Crippen molar-refractivity contribution in [2.75, 3.05) is 6.61 Å². The van der Waals surface area contributed by atoms with Crippen LogP contribution in [0.3, 0.4) is 0 Å². The first-order valence-electron chi connectivity index (χ1n) is 7.06. The topological polar surface area (TPSA) is 74.1 Å². The number of rotatable bonds is 4. The molecule has 0 spiro atoms. The van der Waals surface area contributed by atoms with Crippen molar-refractivity contribution < 1.29 is 9.53 Å². The highest BCUT2D eigenvalue weighted by atomic mass is 32.2. The molecule has 22 heavy (non-hydrogen) atoms. The van der Waals surface area contributed by atoms with Crippen molar-refractivity contribution in [3.05, 3.63) is 46.6 Å². The van der Waals surface area contributed by atoms with Crippen LogP contribution in [-0.2, 0) is 16.0 Å². The van der Waals surface area contributed by atoms with E-state index in [1.165, 1.54) is 16.3 Å². The molecule has 0 amide bonds. The number of fused-ring (bicyclic) bond motifs is 1. The lowest BCUT2D eigenvalue weighted by atomic mass is 10.2. The van der Waals surface area contributed by atoms with Crippen molar-refractivity contribution in [1.82, 2.24) is 14.5 Å². The van der Waals surface area contributed by atoms with Crippen molar-refractivity contribution in [2.45, 2.75) is 35.9 Å². The summed E-state index contributed by atoms with van der Waals surface area (Å²) < 4.78 is 6.57. The Morgan fingerprint density at radius 2 is 2.32 bits per heavy atom. The summed E-state index contributed by atoms with van der Waals surface area (Å²) in [7, 11) is 0. The van der Waals surface area contributed by atoms with Gasteiger partial charge in [-0.15, -0.1) is 0 Å². The normalized spacial score (nSPS) is 16.3. The van der Waals surface area contributed by atoms with Gasteiger partial charge in [0.05, 0.1) is 6.61 Å². The molecular weight excluding hydrogens is 302 g/mol. The van der Waals surface area contributed by atoms with Crippen LogP contribution in [0.4, 0.5) is 0 Å². The number of carbonyl (C=O) groups is 1. The van der Waals surface area contributed by atoms with Crippen LogP contribution in [0.2, 0.25) is 0 Å². The highest BCUT2D eigenvalue weighted by molar-refractivity contribution is 7.99. The Bertz CT molecular complexity index is 745. The van der Waals surface area contributed by atoms with Crippen LogP contribution >= 0.6 is 11.8 Å². The maximum atomic E-state index is 12.6. The molecule has 0 aliphatic carbocycles. The molecule has 0 bridgehead atoms. The molecule has 1 aliphatic heterocycles. The maximum Gasteiger partial charge on any atom is 0.329 e. The summed E-state index contributed by atoms with van der Waals surface area (Å²) in [5.74, 6) is -0.358. The molecule has 0 radical (unpaired) electrons. The smallest absolute Gasteiger partial charge is 0.329 e. The van der Waals surface area contributed by atoms with Crippen molar-refractivity contribution in [3.63, 3.8) is 0 Å². The molecule has 2 aromatic rings.